The van der Waals surface area contributed by atoms with Crippen LogP contribution in [0.2, 0.25) is 0 Å². The van der Waals surface area contributed by atoms with E-state index in [2.05, 4.69) is 42.9 Å². The monoisotopic (exact) mass is 1200 g/mol. The molecule has 0 spiro atoms. The fraction of sp³-hybridized carbons (Fsp3) is 0.764. The molecule has 3 saturated heterocycles. The summed E-state index contributed by atoms with van der Waals surface area (Å²) in [7, 11) is 0. The minimum absolute atomic E-state index is 0.00791. The maximum atomic E-state index is 14.9. The molecule has 27 nitrogen and oxygen atoms in total. The van der Waals surface area contributed by atoms with Crippen molar-refractivity contribution in [1.29, 1.82) is 0 Å². The third-order valence-electron chi connectivity index (χ3n) is 15.6. The quantitative estimate of drug-likeness (QED) is 0.0202. The Kier molecular flexibility index (Phi) is 31.2. The molecule has 13 atom stereocenters. The van der Waals surface area contributed by atoms with Gasteiger partial charge in [-0.2, -0.15) is 0 Å². The lowest BCUT2D eigenvalue weighted by molar-refractivity contribution is -0.433. The molecule has 0 radical (unpaired) electrons. The standard InChI is InChI=1S/C55H91N7O20S/c1-4-5-6-7-8-9-10-11-12-13-14-15-16-20-44(71)57-38-25-36(66)27-56-53(76)48-49(72)32(2)28-62(48)55(78)47(41(69)19-17-18-35(30-63)31-64)60-52(75)46(42(70)23-34-21-22-40(68)43(24-34)80-83-82-81-79)59-51(74)39-26-37(67)29-61(39)54(77)45(33(3)65)58-50(38)73/h21-22,24,32-33,35-39,41-42,45-49,63-70,72,79H,4-20,23,25-31H2,1-3H3,(H,56,76)(H,57,71)(H,58,73)(H,59,74)(H,60,75)/t32-,33+,36+,37+,38?,39-,41+,42+,45-,46-,47-,48-,49-/m0/s1. The van der Waals surface area contributed by atoms with Gasteiger partial charge in [0.15, 0.2) is 11.5 Å². The second kappa shape index (κ2) is 36.8. The molecule has 3 fully saturated rings. The van der Waals surface area contributed by atoms with Gasteiger partial charge in [0.1, 0.15) is 36.3 Å². The van der Waals surface area contributed by atoms with Crippen LogP contribution in [0.1, 0.15) is 148 Å². The normalized spacial score (nSPS) is 26.3. The molecule has 3 heterocycles. The van der Waals surface area contributed by atoms with Gasteiger partial charge in [0.2, 0.25) is 41.4 Å². The number of nitrogens with zero attached hydrogens (tertiary/aromatic N) is 2. The number of hydrogen-bond donors (Lipinski definition) is 15. The lowest BCUT2D eigenvalue weighted by Gasteiger charge is -2.34. The average Bonchev–Trinajstić information content (AvgIpc) is 3.92. The Balaban J connectivity index is 1.70. The summed E-state index contributed by atoms with van der Waals surface area (Å²) in [5.74, 6) is -9.50. The number of amides is 7. The van der Waals surface area contributed by atoms with Gasteiger partial charge in [-0.15, -0.1) is 0 Å². The van der Waals surface area contributed by atoms with Gasteiger partial charge in [-0.05, 0) is 43.9 Å². The molecule has 0 bridgehead atoms. The van der Waals surface area contributed by atoms with Crippen molar-refractivity contribution in [2.45, 2.75) is 222 Å². The predicted octanol–water partition coefficient (Wildman–Crippen LogP) is -0.357. The SMILES string of the molecule is CCCCCCCCCCCCCCCC(=O)NC1C[C@@H](O)CNC(=O)[C@@H]2[C@@H](O)[C@@H](C)CN2C(=O)[C@H]([C@H](O)CCCC(CO)CO)NC(=O)[C@H]([C@H](O)Cc2ccc(O)c(OSOOO)c2)NC(=O)[C@@H]2C[C@@H](O)CN2C(=O)[C@H]([C@@H](C)O)NC1=O. The third kappa shape index (κ3) is 22.4. The van der Waals surface area contributed by atoms with E-state index < -0.39 is 177 Å². The van der Waals surface area contributed by atoms with E-state index in [1.165, 1.54) is 64.0 Å². The zero-order chi connectivity index (χ0) is 61.2. The van der Waals surface area contributed by atoms with Crippen LogP contribution >= 0.6 is 12.3 Å². The predicted molar refractivity (Wildman–Crippen MR) is 299 cm³/mol. The van der Waals surface area contributed by atoms with Gasteiger partial charge >= 0.3 is 0 Å². The number of benzene rings is 1. The number of unbranched alkanes of at least 4 members (excludes halogenated alkanes) is 12. The van der Waals surface area contributed by atoms with Crippen LogP contribution in [-0.4, -0.2) is 208 Å². The highest BCUT2D eigenvalue weighted by Gasteiger charge is 2.50. The van der Waals surface area contributed by atoms with E-state index in [1.54, 1.807) is 0 Å². The Morgan fingerprint density at radius 1 is 0.723 bits per heavy atom. The van der Waals surface area contributed by atoms with Crippen LogP contribution in [0.15, 0.2) is 18.2 Å². The summed E-state index contributed by atoms with van der Waals surface area (Å²) in [4.78, 5) is 102. The molecule has 83 heavy (non-hydrogen) atoms. The molecule has 0 aromatic heterocycles. The number of carbonyl (C=O) groups is 7. The number of hydrogen-bond acceptors (Lipinski definition) is 21. The molecule has 4 rings (SSSR count). The van der Waals surface area contributed by atoms with Gasteiger partial charge in [0, 0.05) is 70.4 Å². The molecule has 0 aliphatic carbocycles. The molecular formula is C55H91N7O20S. The first-order valence-electron chi connectivity index (χ1n) is 29.2. The summed E-state index contributed by atoms with van der Waals surface area (Å²) in [5, 5.41) is 123. The summed E-state index contributed by atoms with van der Waals surface area (Å²) in [5.41, 5.74) is 0.131. The highest BCUT2D eigenvalue weighted by atomic mass is 32.2. The largest absolute Gasteiger partial charge is 0.504 e. The van der Waals surface area contributed by atoms with Gasteiger partial charge in [-0.25, -0.2) is 5.26 Å². The minimum atomic E-state index is -2.11. The summed E-state index contributed by atoms with van der Waals surface area (Å²) >= 11 is 0.0819. The van der Waals surface area contributed by atoms with Gasteiger partial charge in [0.25, 0.3) is 12.3 Å². The first kappa shape index (κ1) is 70.5. The smallest absolute Gasteiger partial charge is 0.261 e. The van der Waals surface area contributed by atoms with Crippen LogP contribution in [0, 0.1) is 11.8 Å². The summed E-state index contributed by atoms with van der Waals surface area (Å²) in [6.07, 6.45) is 2.18. The summed E-state index contributed by atoms with van der Waals surface area (Å²) in [6, 6.07) is -7.32. The van der Waals surface area contributed by atoms with E-state index in [9.17, 15) is 79.5 Å². The summed E-state index contributed by atoms with van der Waals surface area (Å²) in [6.45, 7) is 2.58. The number of rotatable bonds is 30. The van der Waals surface area contributed by atoms with Gasteiger partial charge < -0.3 is 86.5 Å². The second-order valence-electron chi connectivity index (χ2n) is 22.3. The van der Waals surface area contributed by atoms with E-state index in [1.807, 2.05) is 0 Å². The fourth-order valence-electron chi connectivity index (χ4n) is 10.7. The maximum Gasteiger partial charge on any atom is 0.261 e. The molecule has 3 aliphatic heterocycles. The number of aromatic hydroxyl groups is 1. The molecule has 1 aromatic carbocycles. The molecule has 472 valence electrons. The third-order valence-corrected chi connectivity index (χ3v) is 15.9. The van der Waals surface area contributed by atoms with Crippen molar-refractivity contribution in [1.82, 2.24) is 36.4 Å². The number of fused-ring (bicyclic) bond motifs is 2. The van der Waals surface area contributed by atoms with E-state index in [4.69, 9.17) is 9.44 Å². The van der Waals surface area contributed by atoms with Crippen molar-refractivity contribution in [3.05, 3.63) is 23.8 Å². The van der Waals surface area contributed by atoms with Crippen molar-refractivity contribution in [3.63, 3.8) is 0 Å². The van der Waals surface area contributed by atoms with Crippen LogP contribution in [0.3, 0.4) is 0 Å². The molecule has 15 N–H and O–H groups in total. The Bertz CT molecular complexity index is 2200. The Morgan fingerprint density at radius 2 is 1.33 bits per heavy atom. The van der Waals surface area contributed by atoms with Gasteiger partial charge in [0.05, 0.1) is 36.6 Å². The van der Waals surface area contributed by atoms with Crippen LogP contribution in [0.25, 0.3) is 0 Å². The zero-order valence-electron chi connectivity index (χ0n) is 47.8. The second-order valence-corrected chi connectivity index (χ2v) is 22.8. The lowest BCUT2D eigenvalue weighted by Crippen LogP contribution is -2.64. The number of aliphatic hydroxyl groups excluding tert-OH is 8. The van der Waals surface area contributed by atoms with E-state index in [0.717, 1.165) is 54.9 Å². The van der Waals surface area contributed by atoms with Gasteiger partial charge in [-0.1, -0.05) is 113 Å². The molecular weight excluding hydrogens is 1110 g/mol. The molecule has 0 saturated carbocycles. The first-order chi connectivity index (χ1) is 39.6. The number of aliphatic hydroxyl groups is 8. The van der Waals surface area contributed by atoms with Crippen molar-refractivity contribution in [3.8, 4) is 11.5 Å². The van der Waals surface area contributed by atoms with Crippen molar-refractivity contribution < 1.29 is 98.3 Å². The van der Waals surface area contributed by atoms with E-state index in [-0.39, 0.29) is 55.9 Å². The number of carbonyl (C=O) groups excluding carboxylic acids is 7. The van der Waals surface area contributed by atoms with Crippen LogP contribution in [0.5, 0.6) is 11.5 Å². The maximum absolute atomic E-state index is 14.9. The molecule has 28 heteroatoms. The average molecular weight is 1200 g/mol. The number of nitrogens with one attached hydrogen (secondary N) is 5. The van der Waals surface area contributed by atoms with Crippen molar-refractivity contribution >= 4 is 53.7 Å². The Labute approximate surface area is 488 Å². The fourth-order valence-corrected chi connectivity index (χ4v) is 10.9. The Hall–Kier alpha value is -4.98. The topological polar surface area (TPSA) is 416 Å². The van der Waals surface area contributed by atoms with E-state index in [0.29, 0.717) is 6.42 Å². The van der Waals surface area contributed by atoms with Crippen molar-refractivity contribution in [2.75, 3.05) is 32.8 Å². The number of β-amino-alcohol motifs (C(OH)–C–C–N with tert-alkyl or cyclic N) is 1. The Morgan fingerprint density at radius 3 is 1.94 bits per heavy atom. The number of phenolic OH excluding ortho intramolecular Hbond substituents is 1. The van der Waals surface area contributed by atoms with Gasteiger partial charge in [-0.3, -0.25) is 33.6 Å². The van der Waals surface area contributed by atoms with Crippen LogP contribution < -0.4 is 30.8 Å². The van der Waals surface area contributed by atoms with Crippen LogP contribution in [0.4, 0.5) is 0 Å². The zero-order valence-corrected chi connectivity index (χ0v) is 48.7. The molecule has 7 amide bonds. The highest BCUT2D eigenvalue weighted by Crippen LogP contribution is 2.32. The molecule has 1 unspecified atom stereocenters. The number of phenols is 1. The molecule has 3 aliphatic rings. The summed E-state index contributed by atoms with van der Waals surface area (Å²) < 4.78 is 9.35. The highest BCUT2D eigenvalue weighted by molar-refractivity contribution is 7.90. The minimum Gasteiger partial charge on any atom is -0.504 e. The molecule has 1 aromatic rings. The first-order valence-corrected chi connectivity index (χ1v) is 29.8. The van der Waals surface area contributed by atoms with Crippen molar-refractivity contribution in [2.24, 2.45) is 11.8 Å². The van der Waals surface area contributed by atoms with E-state index >= 15 is 0 Å². The lowest BCUT2D eigenvalue weighted by atomic mass is 9.96. The van der Waals surface area contributed by atoms with Crippen LogP contribution in [-0.2, 0) is 49.4 Å².